The van der Waals surface area contributed by atoms with Crippen LogP contribution in [0.2, 0.25) is 0 Å². The Labute approximate surface area is 109 Å². The molecule has 17 heavy (non-hydrogen) atoms. The zero-order valence-electron chi connectivity index (χ0n) is 11.1. The smallest absolute Gasteiger partial charge is 0.0507 e. The fourth-order valence-corrected chi connectivity index (χ4v) is 3.49. The van der Waals surface area contributed by atoms with Crippen molar-refractivity contribution < 1.29 is 0 Å². The van der Waals surface area contributed by atoms with Crippen molar-refractivity contribution >= 4 is 11.3 Å². The molecule has 2 rings (SSSR count). The van der Waals surface area contributed by atoms with Gasteiger partial charge in [0, 0.05) is 19.1 Å². The van der Waals surface area contributed by atoms with Crippen LogP contribution in [0.4, 0.5) is 0 Å². The van der Waals surface area contributed by atoms with E-state index in [-0.39, 0.29) is 6.04 Å². The first-order valence-electron chi connectivity index (χ1n) is 6.65. The van der Waals surface area contributed by atoms with Crippen molar-refractivity contribution in [2.75, 3.05) is 13.1 Å². The summed E-state index contributed by atoms with van der Waals surface area (Å²) in [6, 6.07) is 2.90. The Morgan fingerprint density at radius 3 is 2.53 bits per heavy atom. The van der Waals surface area contributed by atoms with Crippen LogP contribution < -0.4 is 5.73 Å². The summed E-state index contributed by atoms with van der Waals surface area (Å²) < 4.78 is 0. The number of hydrogen-bond acceptors (Lipinski definition) is 3. The van der Waals surface area contributed by atoms with E-state index in [0.717, 1.165) is 18.3 Å². The van der Waals surface area contributed by atoms with Crippen molar-refractivity contribution in [1.29, 1.82) is 0 Å². The van der Waals surface area contributed by atoms with Crippen molar-refractivity contribution in [3.8, 4) is 0 Å². The summed E-state index contributed by atoms with van der Waals surface area (Å²) in [7, 11) is 0. The molecule has 0 aromatic carbocycles. The van der Waals surface area contributed by atoms with Crippen LogP contribution in [0.5, 0.6) is 0 Å². The number of rotatable bonds is 4. The highest BCUT2D eigenvalue weighted by Crippen LogP contribution is 2.33. The van der Waals surface area contributed by atoms with Gasteiger partial charge in [-0.3, -0.25) is 4.90 Å². The van der Waals surface area contributed by atoms with E-state index >= 15 is 0 Å². The van der Waals surface area contributed by atoms with Crippen LogP contribution in [-0.2, 0) is 0 Å². The zero-order chi connectivity index (χ0) is 12.4. The van der Waals surface area contributed by atoms with Gasteiger partial charge >= 0.3 is 0 Å². The highest BCUT2D eigenvalue weighted by atomic mass is 32.1. The standard InChI is InChI=1S/C14H24N2S/c1-4-13(15)14(12-5-6-17-9-12)16-7-10(2)11(3)8-16/h5-6,9-11,13-14H,4,7-8,15H2,1-3H3. The molecule has 1 aromatic heterocycles. The Morgan fingerprint density at radius 2 is 2.06 bits per heavy atom. The van der Waals surface area contributed by atoms with E-state index in [9.17, 15) is 0 Å². The summed E-state index contributed by atoms with van der Waals surface area (Å²) in [6.45, 7) is 9.28. The average Bonchev–Trinajstić information content (AvgIpc) is 2.91. The van der Waals surface area contributed by atoms with Crippen molar-refractivity contribution in [2.24, 2.45) is 17.6 Å². The molecule has 96 valence electrons. The second kappa shape index (κ2) is 5.51. The first-order chi connectivity index (χ1) is 8.13. The predicted molar refractivity (Wildman–Crippen MR) is 75.2 cm³/mol. The van der Waals surface area contributed by atoms with Crippen LogP contribution >= 0.6 is 11.3 Å². The maximum Gasteiger partial charge on any atom is 0.0507 e. The summed E-state index contributed by atoms with van der Waals surface area (Å²) in [5, 5.41) is 4.42. The Bertz CT molecular complexity index is 326. The second-order valence-electron chi connectivity index (χ2n) is 5.48. The number of nitrogens with zero attached hydrogens (tertiary/aromatic N) is 1. The molecule has 0 spiro atoms. The van der Waals surface area contributed by atoms with Crippen LogP contribution in [0.3, 0.4) is 0 Å². The van der Waals surface area contributed by atoms with Crippen molar-refractivity contribution in [1.82, 2.24) is 4.90 Å². The first kappa shape index (κ1) is 13.1. The largest absolute Gasteiger partial charge is 0.326 e. The van der Waals surface area contributed by atoms with Crippen molar-refractivity contribution in [3.63, 3.8) is 0 Å². The van der Waals surface area contributed by atoms with Crippen molar-refractivity contribution in [2.45, 2.75) is 39.3 Å². The van der Waals surface area contributed by atoms with Crippen LogP contribution in [0, 0.1) is 11.8 Å². The normalized spacial score (nSPS) is 29.4. The van der Waals surface area contributed by atoms with Gasteiger partial charge in [0.25, 0.3) is 0 Å². The average molecular weight is 252 g/mol. The molecule has 4 atom stereocenters. The van der Waals surface area contributed by atoms with E-state index < -0.39 is 0 Å². The Hall–Kier alpha value is -0.380. The van der Waals surface area contributed by atoms with Crippen LogP contribution in [0.25, 0.3) is 0 Å². The van der Waals surface area contributed by atoms with Crippen molar-refractivity contribution in [3.05, 3.63) is 22.4 Å². The zero-order valence-corrected chi connectivity index (χ0v) is 11.9. The van der Waals surface area contributed by atoms with E-state index in [1.165, 1.54) is 18.7 Å². The number of thiophene rings is 1. The SMILES string of the molecule is CCC(N)C(c1ccsc1)N1CC(C)C(C)C1. The highest BCUT2D eigenvalue weighted by molar-refractivity contribution is 7.07. The van der Waals surface area contributed by atoms with Gasteiger partial charge in [0.05, 0.1) is 6.04 Å². The molecule has 0 aliphatic carbocycles. The topological polar surface area (TPSA) is 29.3 Å². The Balaban J connectivity index is 2.17. The van der Waals surface area contributed by atoms with Gasteiger partial charge in [0.2, 0.25) is 0 Å². The quantitative estimate of drug-likeness (QED) is 0.892. The molecular weight excluding hydrogens is 228 g/mol. The molecule has 4 unspecified atom stereocenters. The molecule has 1 aliphatic heterocycles. The molecule has 1 fully saturated rings. The maximum atomic E-state index is 6.34. The van der Waals surface area contributed by atoms with Gasteiger partial charge in [0.1, 0.15) is 0 Å². The van der Waals surface area contributed by atoms with Gasteiger partial charge in [-0.25, -0.2) is 0 Å². The predicted octanol–water partition coefficient (Wildman–Crippen LogP) is 3.11. The minimum Gasteiger partial charge on any atom is -0.326 e. The molecule has 0 bridgehead atoms. The minimum absolute atomic E-state index is 0.252. The van der Waals surface area contributed by atoms with E-state index in [0.29, 0.717) is 6.04 Å². The lowest BCUT2D eigenvalue weighted by Gasteiger charge is -2.32. The van der Waals surface area contributed by atoms with E-state index in [4.69, 9.17) is 5.73 Å². The summed E-state index contributed by atoms with van der Waals surface area (Å²) in [5.41, 5.74) is 7.75. The Morgan fingerprint density at radius 1 is 1.41 bits per heavy atom. The lowest BCUT2D eigenvalue weighted by molar-refractivity contribution is 0.201. The van der Waals surface area contributed by atoms with Crippen LogP contribution in [-0.4, -0.2) is 24.0 Å². The third-order valence-corrected chi connectivity index (χ3v) is 4.87. The fraction of sp³-hybridized carbons (Fsp3) is 0.714. The van der Waals surface area contributed by atoms with Gasteiger partial charge in [-0.1, -0.05) is 20.8 Å². The Kier molecular flexibility index (Phi) is 4.23. The fourth-order valence-electron chi connectivity index (χ4n) is 2.80. The monoisotopic (exact) mass is 252 g/mol. The molecule has 0 saturated carbocycles. The lowest BCUT2D eigenvalue weighted by atomic mass is 9.99. The van der Waals surface area contributed by atoms with Gasteiger partial charge in [-0.2, -0.15) is 11.3 Å². The summed E-state index contributed by atoms with van der Waals surface area (Å²) >= 11 is 1.77. The van der Waals surface area contributed by atoms with Crippen LogP contribution in [0.1, 0.15) is 38.8 Å². The highest BCUT2D eigenvalue weighted by Gasteiger charge is 2.34. The minimum atomic E-state index is 0.252. The second-order valence-corrected chi connectivity index (χ2v) is 6.26. The van der Waals surface area contributed by atoms with E-state index in [1.807, 2.05) is 0 Å². The third kappa shape index (κ3) is 2.72. The van der Waals surface area contributed by atoms with Gasteiger partial charge in [-0.05, 0) is 40.6 Å². The van der Waals surface area contributed by atoms with E-state index in [2.05, 4.69) is 42.5 Å². The summed E-state index contributed by atoms with van der Waals surface area (Å²) in [5.74, 6) is 1.58. The number of likely N-dealkylation sites (tertiary alicyclic amines) is 1. The number of nitrogens with two attached hydrogens (primary N) is 1. The molecule has 1 aliphatic rings. The van der Waals surface area contributed by atoms with Gasteiger partial charge in [0.15, 0.2) is 0 Å². The summed E-state index contributed by atoms with van der Waals surface area (Å²) in [6.07, 6.45) is 1.04. The van der Waals surface area contributed by atoms with E-state index in [1.54, 1.807) is 11.3 Å². The third-order valence-electron chi connectivity index (χ3n) is 4.17. The molecule has 2 nitrogen and oxygen atoms in total. The molecule has 2 N–H and O–H groups in total. The molecule has 0 radical (unpaired) electrons. The molecular formula is C14H24N2S. The number of hydrogen-bond donors (Lipinski definition) is 1. The van der Waals surface area contributed by atoms with Gasteiger partial charge in [-0.15, -0.1) is 0 Å². The molecule has 1 aromatic rings. The molecule has 3 heteroatoms. The molecule has 2 heterocycles. The van der Waals surface area contributed by atoms with Crippen LogP contribution in [0.15, 0.2) is 16.8 Å². The maximum absolute atomic E-state index is 6.34. The lowest BCUT2D eigenvalue weighted by Crippen LogP contribution is -2.39. The molecule has 0 amide bonds. The first-order valence-corrected chi connectivity index (χ1v) is 7.59. The summed E-state index contributed by atoms with van der Waals surface area (Å²) in [4.78, 5) is 2.59. The molecule has 1 saturated heterocycles. The van der Waals surface area contributed by atoms with Gasteiger partial charge < -0.3 is 5.73 Å².